The second-order valence-corrected chi connectivity index (χ2v) is 7.44. The summed E-state index contributed by atoms with van der Waals surface area (Å²) in [5, 5.41) is 5.84. The van der Waals surface area contributed by atoms with Crippen LogP contribution in [0, 0.1) is 0 Å². The van der Waals surface area contributed by atoms with Gasteiger partial charge in [-0.1, -0.05) is 13.0 Å². The Morgan fingerprint density at radius 1 is 1.33 bits per heavy atom. The number of aryl methyl sites for hydroxylation is 1. The van der Waals surface area contributed by atoms with E-state index in [9.17, 15) is 9.59 Å². The maximum absolute atomic E-state index is 13.2. The quantitative estimate of drug-likeness (QED) is 0.654. The third kappa shape index (κ3) is 4.18. The van der Waals surface area contributed by atoms with Crippen LogP contribution in [0.5, 0.6) is 0 Å². The molecule has 8 nitrogen and oxygen atoms in total. The molecule has 1 atom stereocenters. The molecule has 8 heteroatoms. The van der Waals surface area contributed by atoms with Crippen LogP contribution < -0.4 is 10.6 Å². The van der Waals surface area contributed by atoms with Crippen LogP contribution in [0.2, 0.25) is 0 Å². The van der Waals surface area contributed by atoms with Crippen molar-refractivity contribution in [3.8, 4) is 0 Å². The number of nitrogens with zero attached hydrogens (tertiary/aromatic N) is 3. The van der Waals surface area contributed by atoms with Gasteiger partial charge in [-0.15, -0.1) is 0 Å². The Kier molecular flexibility index (Phi) is 5.76. The van der Waals surface area contributed by atoms with Gasteiger partial charge in [0.1, 0.15) is 5.82 Å². The molecule has 1 aliphatic heterocycles. The monoisotopic (exact) mass is 407 g/mol. The molecule has 156 valence electrons. The van der Waals surface area contributed by atoms with Crippen LogP contribution in [0.1, 0.15) is 42.0 Å². The Balaban J connectivity index is 1.83. The lowest BCUT2D eigenvalue weighted by Gasteiger charge is -2.15. The van der Waals surface area contributed by atoms with Crippen molar-refractivity contribution in [1.82, 2.24) is 19.9 Å². The van der Waals surface area contributed by atoms with E-state index in [0.29, 0.717) is 42.9 Å². The number of anilines is 1. The van der Waals surface area contributed by atoms with Crippen LogP contribution in [0.25, 0.3) is 11.0 Å². The zero-order valence-corrected chi connectivity index (χ0v) is 17.1. The standard InChI is InChI=1S/C22H25N5O3/c1-3-20-26-19-10-17(24-14(2)28)9-18(22(29)25-16-6-8-30-13-16)21(19)27(20)12-15-5-4-7-23-11-15/h4-5,7,9-11,16H,3,6,8,12-13H2,1-2H3,(H,24,28)(H,25,29). The minimum Gasteiger partial charge on any atom is -0.379 e. The Labute approximate surface area is 174 Å². The number of rotatable bonds is 6. The van der Waals surface area contributed by atoms with Gasteiger partial charge in [-0.2, -0.15) is 0 Å². The Bertz CT molecular complexity index is 1070. The molecule has 0 spiro atoms. The van der Waals surface area contributed by atoms with Crippen LogP contribution in [-0.4, -0.2) is 45.6 Å². The molecule has 1 aromatic carbocycles. The normalized spacial score (nSPS) is 16.0. The second kappa shape index (κ2) is 8.62. The Hall–Kier alpha value is -3.26. The summed E-state index contributed by atoms with van der Waals surface area (Å²) in [5.74, 6) is 0.472. The molecule has 0 radical (unpaired) electrons. The van der Waals surface area contributed by atoms with Gasteiger partial charge in [0.25, 0.3) is 5.91 Å². The van der Waals surface area contributed by atoms with E-state index in [2.05, 4.69) is 20.2 Å². The van der Waals surface area contributed by atoms with Gasteiger partial charge in [0, 0.05) is 38.0 Å². The zero-order valence-electron chi connectivity index (χ0n) is 17.1. The molecule has 1 saturated heterocycles. The van der Waals surface area contributed by atoms with Crippen LogP contribution in [0.15, 0.2) is 36.7 Å². The molecule has 1 fully saturated rings. The summed E-state index contributed by atoms with van der Waals surface area (Å²) in [6.07, 6.45) is 5.04. The van der Waals surface area contributed by atoms with Crippen molar-refractivity contribution >= 4 is 28.5 Å². The summed E-state index contributed by atoms with van der Waals surface area (Å²) in [6, 6.07) is 7.40. The molecular formula is C22H25N5O3. The summed E-state index contributed by atoms with van der Waals surface area (Å²) < 4.78 is 7.45. The van der Waals surface area contributed by atoms with Crippen molar-refractivity contribution in [3.05, 3.63) is 53.6 Å². The third-order valence-corrected chi connectivity index (χ3v) is 5.13. The van der Waals surface area contributed by atoms with Gasteiger partial charge in [-0.05, 0) is 30.2 Å². The van der Waals surface area contributed by atoms with E-state index in [0.717, 1.165) is 23.3 Å². The van der Waals surface area contributed by atoms with Crippen LogP contribution in [-0.2, 0) is 22.5 Å². The molecule has 30 heavy (non-hydrogen) atoms. The molecule has 2 N–H and O–H groups in total. The van der Waals surface area contributed by atoms with Crippen molar-refractivity contribution in [2.45, 2.75) is 39.3 Å². The number of imidazole rings is 1. The summed E-state index contributed by atoms with van der Waals surface area (Å²) in [5.41, 5.74) is 3.49. The summed E-state index contributed by atoms with van der Waals surface area (Å²) in [4.78, 5) is 33.8. The fraction of sp³-hybridized carbons (Fsp3) is 0.364. The van der Waals surface area contributed by atoms with E-state index in [1.165, 1.54) is 6.92 Å². The van der Waals surface area contributed by atoms with Gasteiger partial charge in [-0.25, -0.2) is 4.98 Å². The Morgan fingerprint density at radius 2 is 2.20 bits per heavy atom. The van der Waals surface area contributed by atoms with Gasteiger partial charge < -0.3 is 19.9 Å². The molecule has 0 aliphatic carbocycles. The molecule has 4 rings (SSSR count). The molecule has 3 heterocycles. The number of ether oxygens (including phenoxy) is 1. The number of benzene rings is 1. The van der Waals surface area contributed by atoms with E-state index < -0.39 is 0 Å². The molecule has 1 unspecified atom stereocenters. The number of carbonyl (C=O) groups excluding carboxylic acids is 2. The lowest BCUT2D eigenvalue weighted by Crippen LogP contribution is -2.35. The largest absolute Gasteiger partial charge is 0.379 e. The topological polar surface area (TPSA) is 98.1 Å². The first kappa shape index (κ1) is 20.0. The van der Waals surface area contributed by atoms with Gasteiger partial charge in [-0.3, -0.25) is 14.6 Å². The molecule has 1 aliphatic rings. The smallest absolute Gasteiger partial charge is 0.253 e. The number of nitrogens with one attached hydrogen (secondary N) is 2. The van der Waals surface area contributed by atoms with Crippen LogP contribution >= 0.6 is 0 Å². The number of aromatic nitrogens is 3. The SMILES string of the molecule is CCc1nc2cc(NC(C)=O)cc(C(=O)NC3CCOC3)c2n1Cc1cccnc1. The second-order valence-electron chi connectivity index (χ2n) is 7.44. The number of amides is 2. The number of carbonyl (C=O) groups is 2. The van der Waals surface area contributed by atoms with Crippen LogP contribution in [0.4, 0.5) is 5.69 Å². The van der Waals surface area contributed by atoms with E-state index in [1.807, 2.05) is 31.3 Å². The van der Waals surface area contributed by atoms with Crippen molar-refractivity contribution < 1.29 is 14.3 Å². The average molecular weight is 407 g/mol. The number of pyridine rings is 1. The highest BCUT2D eigenvalue weighted by atomic mass is 16.5. The number of hydrogen-bond donors (Lipinski definition) is 2. The predicted molar refractivity (Wildman–Crippen MR) is 113 cm³/mol. The number of fused-ring (bicyclic) bond motifs is 1. The summed E-state index contributed by atoms with van der Waals surface area (Å²) in [7, 11) is 0. The highest BCUT2D eigenvalue weighted by molar-refractivity contribution is 6.07. The fourth-order valence-corrected chi connectivity index (χ4v) is 3.79. The van der Waals surface area contributed by atoms with E-state index in [4.69, 9.17) is 9.72 Å². The highest BCUT2D eigenvalue weighted by Gasteiger charge is 2.23. The van der Waals surface area contributed by atoms with Crippen molar-refractivity contribution in [2.75, 3.05) is 18.5 Å². The summed E-state index contributed by atoms with van der Waals surface area (Å²) >= 11 is 0. The van der Waals surface area contributed by atoms with Crippen molar-refractivity contribution in [2.24, 2.45) is 0 Å². The average Bonchev–Trinajstić information content (AvgIpc) is 3.35. The maximum Gasteiger partial charge on any atom is 0.253 e. The Morgan fingerprint density at radius 3 is 2.87 bits per heavy atom. The lowest BCUT2D eigenvalue weighted by molar-refractivity contribution is -0.114. The van der Waals surface area contributed by atoms with Crippen LogP contribution in [0.3, 0.4) is 0 Å². The third-order valence-electron chi connectivity index (χ3n) is 5.13. The summed E-state index contributed by atoms with van der Waals surface area (Å²) in [6.45, 7) is 5.18. The first-order chi connectivity index (χ1) is 14.5. The molecule has 0 saturated carbocycles. The molecule has 2 aromatic heterocycles. The van der Waals surface area contributed by atoms with E-state index in [1.54, 1.807) is 12.3 Å². The molecular weight excluding hydrogens is 382 g/mol. The maximum atomic E-state index is 13.2. The van der Waals surface area contributed by atoms with Gasteiger partial charge >= 0.3 is 0 Å². The van der Waals surface area contributed by atoms with Gasteiger partial charge in [0.05, 0.1) is 35.8 Å². The zero-order chi connectivity index (χ0) is 21.1. The fourth-order valence-electron chi connectivity index (χ4n) is 3.79. The minimum absolute atomic E-state index is 0.0164. The van der Waals surface area contributed by atoms with Gasteiger partial charge in [0.2, 0.25) is 5.91 Å². The molecule has 3 aromatic rings. The van der Waals surface area contributed by atoms with Gasteiger partial charge in [0.15, 0.2) is 0 Å². The first-order valence-electron chi connectivity index (χ1n) is 10.1. The van der Waals surface area contributed by atoms with Crippen molar-refractivity contribution in [3.63, 3.8) is 0 Å². The number of hydrogen-bond acceptors (Lipinski definition) is 5. The van der Waals surface area contributed by atoms with E-state index >= 15 is 0 Å². The molecule has 2 amide bonds. The lowest BCUT2D eigenvalue weighted by atomic mass is 10.1. The molecule has 0 bridgehead atoms. The first-order valence-corrected chi connectivity index (χ1v) is 10.1. The van der Waals surface area contributed by atoms with E-state index in [-0.39, 0.29) is 17.9 Å². The minimum atomic E-state index is -0.199. The predicted octanol–water partition coefficient (Wildman–Crippen LogP) is 2.52. The van der Waals surface area contributed by atoms with Crippen molar-refractivity contribution in [1.29, 1.82) is 0 Å². The highest BCUT2D eigenvalue weighted by Crippen LogP contribution is 2.27.